The van der Waals surface area contributed by atoms with Crippen molar-refractivity contribution in [1.29, 1.82) is 0 Å². The van der Waals surface area contributed by atoms with Gasteiger partial charge in [0.25, 0.3) is 0 Å². The largest absolute Gasteiger partial charge is 0.380 e. The highest BCUT2D eigenvalue weighted by Gasteiger charge is 2.10. The van der Waals surface area contributed by atoms with Gasteiger partial charge in [0.05, 0.1) is 27.0 Å². The Morgan fingerprint density at radius 1 is 1.38 bits per heavy atom. The Bertz CT molecular complexity index is 846. The quantitative estimate of drug-likeness (QED) is 0.361. The van der Waals surface area contributed by atoms with Crippen LogP contribution in [0.3, 0.4) is 0 Å². The number of ether oxygens (including phenoxy) is 1. The van der Waals surface area contributed by atoms with Crippen molar-refractivity contribution < 1.29 is 4.74 Å². The van der Waals surface area contributed by atoms with Crippen LogP contribution in [0.25, 0.3) is 10.2 Å². The maximum absolute atomic E-state index is 6.05. The molecule has 0 saturated carbocycles. The number of thiophene rings is 2. The topological polar surface area (TPSA) is 60.2 Å². The Hall–Kier alpha value is -0.700. The minimum Gasteiger partial charge on any atom is -0.380 e. The van der Waals surface area contributed by atoms with E-state index < -0.39 is 0 Å². The van der Waals surface area contributed by atoms with Gasteiger partial charge in [-0.2, -0.15) is 0 Å². The van der Waals surface area contributed by atoms with E-state index in [4.69, 9.17) is 22.1 Å². The summed E-state index contributed by atoms with van der Waals surface area (Å²) in [7, 11) is 0. The molecule has 8 heteroatoms. The molecule has 3 aromatic rings. The first kappa shape index (κ1) is 24.6. The molecule has 0 bridgehead atoms. The molecule has 1 aliphatic rings. The molecule has 1 aliphatic heterocycles. The van der Waals surface area contributed by atoms with E-state index in [-0.39, 0.29) is 0 Å². The summed E-state index contributed by atoms with van der Waals surface area (Å²) < 4.78 is 7.17. The third kappa shape index (κ3) is 8.90. The van der Waals surface area contributed by atoms with Crippen LogP contribution in [0, 0.1) is 5.92 Å². The predicted octanol–water partition coefficient (Wildman–Crippen LogP) is 7.17. The lowest BCUT2D eigenvalue weighted by Crippen LogP contribution is -2.30. The molecule has 0 aliphatic carbocycles. The highest BCUT2D eigenvalue weighted by molar-refractivity contribution is 9.10. The number of hydrogen-bond acceptors (Lipinski definition) is 6. The summed E-state index contributed by atoms with van der Waals surface area (Å²) in [5.41, 5.74) is 7.46. The van der Waals surface area contributed by atoms with Gasteiger partial charge in [-0.05, 0) is 46.1 Å². The molecule has 29 heavy (non-hydrogen) atoms. The van der Waals surface area contributed by atoms with E-state index in [2.05, 4.69) is 64.5 Å². The SMILES string of the molecule is CC(C)C.Clc1cc(NCc2cccs2)c2scc(Br)c2n1.NC1CCCOC1. The monoisotopic (exact) mass is 517 g/mol. The van der Waals surface area contributed by atoms with Crippen LogP contribution in [0.2, 0.25) is 5.15 Å². The van der Waals surface area contributed by atoms with E-state index in [9.17, 15) is 0 Å². The van der Waals surface area contributed by atoms with Gasteiger partial charge in [0.1, 0.15) is 5.15 Å². The first-order chi connectivity index (χ1) is 13.9. The first-order valence-electron chi connectivity index (χ1n) is 9.69. The number of rotatable bonds is 3. The molecular weight excluding hydrogens is 490 g/mol. The van der Waals surface area contributed by atoms with Gasteiger partial charge < -0.3 is 15.8 Å². The second kappa shape index (κ2) is 12.9. The third-order valence-electron chi connectivity index (χ3n) is 3.68. The van der Waals surface area contributed by atoms with Crippen molar-refractivity contribution in [3.05, 3.63) is 43.5 Å². The highest BCUT2D eigenvalue weighted by atomic mass is 79.9. The van der Waals surface area contributed by atoms with Crippen molar-refractivity contribution in [3.63, 3.8) is 0 Å². The van der Waals surface area contributed by atoms with Gasteiger partial charge in [-0.1, -0.05) is 38.4 Å². The van der Waals surface area contributed by atoms with Gasteiger partial charge in [-0.15, -0.1) is 22.7 Å². The molecule has 1 saturated heterocycles. The van der Waals surface area contributed by atoms with Crippen molar-refractivity contribution in [2.24, 2.45) is 11.7 Å². The zero-order chi connectivity index (χ0) is 21.2. The summed E-state index contributed by atoms with van der Waals surface area (Å²) in [6, 6.07) is 6.36. The lowest BCUT2D eigenvalue weighted by atomic mass is 10.1. The van der Waals surface area contributed by atoms with E-state index in [1.807, 2.05) is 11.4 Å². The molecule has 4 rings (SSSR count). The van der Waals surface area contributed by atoms with Gasteiger partial charge in [-0.3, -0.25) is 0 Å². The van der Waals surface area contributed by atoms with Crippen LogP contribution >= 0.6 is 50.2 Å². The van der Waals surface area contributed by atoms with Crippen molar-refractivity contribution in [2.75, 3.05) is 18.5 Å². The predicted molar refractivity (Wildman–Crippen MR) is 133 cm³/mol. The van der Waals surface area contributed by atoms with Crippen LogP contribution in [0.5, 0.6) is 0 Å². The van der Waals surface area contributed by atoms with Crippen molar-refractivity contribution in [2.45, 2.75) is 46.2 Å². The minimum atomic E-state index is 0.314. The number of anilines is 1. The maximum atomic E-state index is 6.05. The molecule has 0 aromatic carbocycles. The molecular formula is C21H29BrClN3OS2. The van der Waals surface area contributed by atoms with E-state index in [0.29, 0.717) is 11.2 Å². The summed E-state index contributed by atoms with van der Waals surface area (Å²) >= 11 is 12.9. The Morgan fingerprint density at radius 3 is 2.69 bits per heavy atom. The molecule has 4 nitrogen and oxygen atoms in total. The van der Waals surface area contributed by atoms with Crippen molar-refractivity contribution in [3.8, 4) is 0 Å². The number of nitrogens with zero attached hydrogens (tertiary/aromatic N) is 1. The van der Waals surface area contributed by atoms with Gasteiger partial charge in [0.2, 0.25) is 0 Å². The van der Waals surface area contributed by atoms with Crippen LogP contribution in [0.15, 0.2) is 33.4 Å². The van der Waals surface area contributed by atoms with Crippen molar-refractivity contribution in [1.82, 2.24) is 4.98 Å². The Kier molecular flexibility index (Phi) is 10.9. The second-order valence-corrected chi connectivity index (χ2v) is 10.5. The Balaban J connectivity index is 0.000000226. The minimum absolute atomic E-state index is 0.314. The summed E-state index contributed by atoms with van der Waals surface area (Å²) in [4.78, 5) is 5.63. The van der Waals surface area contributed by atoms with Gasteiger partial charge in [0, 0.05) is 35.5 Å². The molecule has 0 spiro atoms. The smallest absolute Gasteiger partial charge is 0.131 e. The van der Waals surface area contributed by atoms with Crippen LogP contribution in [-0.4, -0.2) is 24.2 Å². The zero-order valence-electron chi connectivity index (χ0n) is 17.1. The molecule has 1 unspecified atom stereocenters. The fourth-order valence-electron chi connectivity index (χ4n) is 2.44. The number of hydrogen-bond donors (Lipinski definition) is 2. The fraction of sp³-hybridized carbons (Fsp3) is 0.476. The molecule has 4 heterocycles. The highest BCUT2D eigenvalue weighted by Crippen LogP contribution is 2.35. The number of aromatic nitrogens is 1. The summed E-state index contributed by atoms with van der Waals surface area (Å²) in [5.74, 6) is 0.833. The lowest BCUT2D eigenvalue weighted by Gasteiger charge is -2.16. The van der Waals surface area contributed by atoms with Gasteiger partial charge in [0.15, 0.2) is 0 Å². The molecule has 1 atom stereocenters. The summed E-state index contributed by atoms with van der Waals surface area (Å²) in [5, 5.41) is 8.04. The van der Waals surface area contributed by atoms with Crippen LogP contribution in [-0.2, 0) is 11.3 Å². The molecule has 0 amide bonds. The van der Waals surface area contributed by atoms with E-state index in [1.165, 1.54) is 4.88 Å². The number of nitrogens with two attached hydrogens (primary N) is 1. The number of pyridine rings is 1. The lowest BCUT2D eigenvalue weighted by molar-refractivity contribution is 0.0822. The Morgan fingerprint density at radius 2 is 2.14 bits per heavy atom. The average Bonchev–Trinajstić information content (AvgIpc) is 3.31. The third-order valence-corrected chi connectivity index (χ3v) is 6.66. The summed E-state index contributed by atoms with van der Waals surface area (Å²) in [6.07, 6.45) is 2.28. The van der Waals surface area contributed by atoms with E-state index in [0.717, 1.165) is 58.9 Å². The first-order valence-corrected chi connectivity index (χ1v) is 12.6. The maximum Gasteiger partial charge on any atom is 0.131 e. The fourth-order valence-corrected chi connectivity index (χ4v) is 4.84. The number of halogens is 2. The molecule has 3 aromatic heterocycles. The Labute approximate surface area is 194 Å². The van der Waals surface area contributed by atoms with E-state index >= 15 is 0 Å². The number of fused-ring (bicyclic) bond motifs is 1. The molecule has 160 valence electrons. The van der Waals surface area contributed by atoms with Crippen LogP contribution in [0.4, 0.5) is 5.69 Å². The van der Waals surface area contributed by atoms with E-state index in [1.54, 1.807) is 22.7 Å². The molecule has 3 N–H and O–H groups in total. The molecule has 1 fully saturated rings. The standard InChI is InChI=1S/C12H8BrClN2S2.C5H11NO.C4H10/c13-8-6-18-12-9(4-10(14)16-11(8)12)15-5-7-2-1-3-17-7;6-5-2-1-3-7-4-5;1-4(2)3/h1-4,6H,5H2,(H,15,16);5H,1-4,6H2;4H,1-3H3. The van der Waals surface area contributed by atoms with Gasteiger partial charge >= 0.3 is 0 Å². The normalized spacial score (nSPS) is 16.0. The molecule has 0 radical (unpaired) electrons. The zero-order valence-corrected chi connectivity index (χ0v) is 21.1. The van der Waals surface area contributed by atoms with Crippen LogP contribution < -0.4 is 11.1 Å². The van der Waals surface area contributed by atoms with Gasteiger partial charge in [-0.25, -0.2) is 4.98 Å². The van der Waals surface area contributed by atoms with Crippen LogP contribution in [0.1, 0.15) is 38.5 Å². The average molecular weight is 519 g/mol. The van der Waals surface area contributed by atoms with Crippen molar-refractivity contribution >= 4 is 66.1 Å². The summed E-state index contributed by atoms with van der Waals surface area (Å²) in [6.45, 7) is 8.98. The number of nitrogens with one attached hydrogen (secondary N) is 1. The second-order valence-electron chi connectivity index (χ2n) is 7.40.